The van der Waals surface area contributed by atoms with Gasteiger partial charge in [0.15, 0.2) is 0 Å². The summed E-state index contributed by atoms with van der Waals surface area (Å²) in [6.07, 6.45) is 0. The van der Waals surface area contributed by atoms with E-state index < -0.39 is 11.6 Å². The lowest BCUT2D eigenvalue weighted by atomic mass is 9.99. The van der Waals surface area contributed by atoms with Gasteiger partial charge >= 0.3 is 0 Å². The Hall–Kier alpha value is -1.16. The topological polar surface area (TPSA) is 43.4 Å². The number of hydrogen-bond acceptors (Lipinski definition) is 3. The molecule has 1 aromatic rings. The molecule has 0 saturated heterocycles. The number of hydrogen-bond donors (Lipinski definition) is 0. The van der Waals surface area contributed by atoms with E-state index in [4.69, 9.17) is 4.74 Å². The molecule has 16 heavy (non-hydrogen) atoms. The maximum atomic E-state index is 11.9. The number of ether oxygens (including phenoxy) is 1. The highest BCUT2D eigenvalue weighted by Gasteiger charge is 2.22. The summed E-state index contributed by atoms with van der Waals surface area (Å²) < 4.78 is 5.80. The van der Waals surface area contributed by atoms with Crippen LogP contribution >= 0.6 is 15.9 Å². The molecule has 0 fully saturated rings. The van der Waals surface area contributed by atoms with Crippen LogP contribution in [0, 0.1) is 5.92 Å². The van der Waals surface area contributed by atoms with E-state index in [0.717, 1.165) is 4.47 Å². The Balaban J connectivity index is 3.16. The number of halogens is 1. The van der Waals surface area contributed by atoms with Gasteiger partial charge in [-0.05, 0) is 18.2 Å². The molecule has 0 aliphatic heterocycles. The summed E-state index contributed by atoms with van der Waals surface area (Å²) in [5.74, 6) is -0.803. The van der Waals surface area contributed by atoms with Gasteiger partial charge in [-0.1, -0.05) is 29.8 Å². The van der Waals surface area contributed by atoms with Crippen LogP contribution in [-0.2, 0) is 4.79 Å². The molecule has 4 heteroatoms. The van der Waals surface area contributed by atoms with Crippen LogP contribution in [0.3, 0.4) is 0 Å². The van der Waals surface area contributed by atoms with Gasteiger partial charge in [0.2, 0.25) is 11.6 Å². The largest absolute Gasteiger partial charge is 0.496 e. The van der Waals surface area contributed by atoms with Crippen molar-refractivity contribution in [2.45, 2.75) is 13.8 Å². The minimum Gasteiger partial charge on any atom is -0.496 e. The average molecular weight is 285 g/mol. The van der Waals surface area contributed by atoms with E-state index in [2.05, 4.69) is 15.9 Å². The lowest BCUT2D eigenvalue weighted by Crippen LogP contribution is -2.20. The van der Waals surface area contributed by atoms with Crippen molar-refractivity contribution in [3.63, 3.8) is 0 Å². The van der Waals surface area contributed by atoms with Crippen molar-refractivity contribution in [2.75, 3.05) is 7.11 Å². The quantitative estimate of drug-likeness (QED) is 0.631. The molecule has 86 valence electrons. The van der Waals surface area contributed by atoms with Crippen molar-refractivity contribution >= 4 is 27.5 Å². The maximum absolute atomic E-state index is 11.9. The molecule has 0 unspecified atom stereocenters. The standard InChI is InChI=1S/C12H13BrO3/c1-7(2)11(14)12(15)9-6-8(13)4-5-10(9)16-3/h4-7H,1-3H3. The summed E-state index contributed by atoms with van der Waals surface area (Å²) in [4.78, 5) is 23.5. The van der Waals surface area contributed by atoms with Crippen LogP contribution in [-0.4, -0.2) is 18.7 Å². The van der Waals surface area contributed by atoms with Gasteiger partial charge in [0, 0.05) is 10.4 Å². The number of carbonyl (C=O) groups excluding carboxylic acids is 2. The summed E-state index contributed by atoms with van der Waals surface area (Å²) in [6.45, 7) is 3.40. The van der Waals surface area contributed by atoms with E-state index in [0.29, 0.717) is 11.3 Å². The fourth-order valence-corrected chi connectivity index (χ4v) is 1.61. The Morgan fingerprint density at radius 2 is 1.94 bits per heavy atom. The van der Waals surface area contributed by atoms with Crippen molar-refractivity contribution in [1.82, 2.24) is 0 Å². The molecule has 0 aliphatic rings. The lowest BCUT2D eigenvalue weighted by molar-refractivity contribution is -0.117. The van der Waals surface area contributed by atoms with Gasteiger partial charge in [-0.3, -0.25) is 9.59 Å². The summed E-state index contributed by atoms with van der Waals surface area (Å²) in [6, 6.07) is 5.02. The second kappa shape index (κ2) is 5.25. The Morgan fingerprint density at radius 1 is 1.31 bits per heavy atom. The summed E-state index contributed by atoms with van der Waals surface area (Å²) in [5, 5.41) is 0. The predicted molar refractivity (Wildman–Crippen MR) is 64.9 cm³/mol. The number of methoxy groups -OCH3 is 1. The van der Waals surface area contributed by atoms with E-state index in [1.165, 1.54) is 7.11 Å². The Kier molecular flexibility index (Phi) is 4.24. The fraction of sp³-hybridized carbons (Fsp3) is 0.333. The van der Waals surface area contributed by atoms with Crippen molar-refractivity contribution in [2.24, 2.45) is 5.92 Å². The highest BCUT2D eigenvalue weighted by molar-refractivity contribution is 9.10. The highest BCUT2D eigenvalue weighted by atomic mass is 79.9. The molecule has 0 aliphatic carbocycles. The monoisotopic (exact) mass is 284 g/mol. The zero-order valence-corrected chi connectivity index (χ0v) is 11.0. The number of benzene rings is 1. The van der Waals surface area contributed by atoms with Crippen LogP contribution in [0.4, 0.5) is 0 Å². The van der Waals surface area contributed by atoms with Gasteiger partial charge < -0.3 is 4.74 Å². The van der Waals surface area contributed by atoms with E-state index >= 15 is 0 Å². The zero-order chi connectivity index (χ0) is 12.3. The van der Waals surface area contributed by atoms with Crippen molar-refractivity contribution in [3.8, 4) is 5.75 Å². The first kappa shape index (κ1) is 12.9. The van der Waals surface area contributed by atoms with Crippen LogP contribution in [0.25, 0.3) is 0 Å². The van der Waals surface area contributed by atoms with Gasteiger partial charge in [-0.25, -0.2) is 0 Å². The van der Waals surface area contributed by atoms with E-state index in [1.54, 1.807) is 32.0 Å². The summed E-state index contributed by atoms with van der Waals surface area (Å²) in [7, 11) is 1.47. The molecule has 1 aromatic carbocycles. The molecule has 0 bridgehead atoms. The molecule has 0 atom stereocenters. The number of rotatable bonds is 4. The van der Waals surface area contributed by atoms with Crippen LogP contribution < -0.4 is 4.74 Å². The maximum Gasteiger partial charge on any atom is 0.232 e. The summed E-state index contributed by atoms with van der Waals surface area (Å²) >= 11 is 3.26. The third kappa shape index (κ3) is 2.70. The fourth-order valence-electron chi connectivity index (χ4n) is 1.25. The van der Waals surface area contributed by atoms with Gasteiger partial charge in [-0.15, -0.1) is 0 Å². The minimum atomic E-state index is -0.506. The molecule has 0 aromatic heterocycles. The zero-order valence-electron chi connectivity index (χ0n) is 9.41. The molecule has 0 heterocycles. The molecule has 1 rings (SSSR count). The van der Waals surface area contributed by atoms with Gasteiger partial charge in [0.1, 0.15) is 5.75 Å². The normalized spacial score (nSPS) is 10.3. The minimum absolute atomic E-state index is 0.301. The molecule has 0 saturated carbocycles. The molecular formula is C12H13BrO3. The number of carbonyl (C=O) groups is 2. The van der Waals surface area contributed by atoms with Crippen LogP contribution in [0.5, 0.6) is 5.75 Å². The molecule has 0 radical (unpaired) electrons. The molecule has 0 N–H and O–H groups in total. The molecule has 3 nitrogen and oxygen atoms in total. The smallest absolute Gasteiger partial charge is 0.232 e. The highest BCUT2D eigenvalue weighted by Crippen LogP contribution is 2.24. The molecular weight excluding hydrogens is 272 g/mol. The first-order valence-electron chi connectivity index (χ1n) is 4.89. The summed E-state index contributed by atoms with van der Waals surface area (Å²) in [5.41, 5.74) is 0.301. The van der Waals surface area contributed by atoms with Crippen LogP contribution in [0.15, 0.2) is 22.7 Å². The van der Waals surface area contributed by atoms with Gasteiger partial charge in [-0.2, -0.15) is 0 Å². The van der Waals surface area contributed by atoms with E-state index in [9.17, 15) is 9.59 Å². The number of Topliss-reactive ketones (excluding diaryl/α,β-unsaturated/α-hetero) is 2. The number of ketones is 2. The second-order valence-corrected chi connectivity index (χ2v) is 4.61. The SMILES string of the molecule is COc1ccc(Br)cc1C(=O)C(=O)C(C)C. The van der Waals surface area contributed by atoms with Crippen LogP contribution in [0.1, 0.15) is 24.2 Å². The Bertz CT molecular complexity index is 424. The Morgan fingerprint density at radius 3 is 2.44 bits per heavy atom. The second-order valence-electron chi connectivity index (χ2n) is 3.69. The van der Waals surface area contributed by atoms with E-state index in [-0.39, 0.29) is 5.92 Å². The average Bonchev–Trinajstić information content (AvgIpc) is 2.26. The van der Waals surface area contributed by atoms with E-state index in [1.807, 2.05) is 0 Å². The van der Waals surface area contributed by atoms with Gasteiger partial charge in [0.05, 0.1) is 12.7 Å². The predicted octanol–water partition coefficient (Wildman–Crippen LogP) is 2.87. The molecule has 0 amide bonds. The lowest BCUT2D eigenvalue weighted by Gasteiger charge is -2.08. The third-order valence-corrected chi connectivity index (χ3v) is 2.65. The van der Waals surface area contributed by atoms with Crippen molar-refractivity contribution < 1.29 is 14.3 Å². The molecule has 0 spiro atoms. The van der Waals surface area contributed by atoms with Crippen LogP contribution in [0.2, 0.25) is 0 Å². The first-order chi connectivity index (χ1) is 7.47. The Labute approximate surface area is 103 Å². The first-order valence-corrected chi connectivity index (χ1v) is 5.68. The van der Waals surface area contributed by atoms with Crippen molar-refractivity contribution in [1.29, 1.82) is 0 Å². The van der Waals surface area contributed by atoms with Gasteiger partial charge in [0.25, 0.3) is 0 Å². The van der Waals surface area contributed by atoms with Crippen molar-refractivity contribution in [3.05, 3.63) is 28.2 Å². The third-order valence-electron chi connectivity index (χ3n) is 2.15.